The number of aryl methyl sites for hydroxylation is 1. The van der Waals surface area contributed by atoms with E-state index < -0.39 is 0 Å². The van der Waals surface area contributed by atoms with E-state index in [4.69, 9.17) is 0 Å². The van der Waals surface area contributed by atoms with Gasteiger partial charge in [-0.2, -0.15) is 0 Å². The van der Waals surface area contributed by atoms with E-state index in [9.17, 15) is 4.79 Å². The zero-order chi connectivity index (χ0) is 17.2. The van der Waals surface area contributed by atoms with Gasteiger partial charge in [0.2, 0.25) is 0 Å². The molecule has 1 N–H and O–H groups in total. The maximum atomic E-state index is 12.5. The lowest BCUT2D eigenvalue weighted by atomic mass is 9.89. The molecule has 0 aliphatic carbocycles. The summed E-state index contributed by atoms with van der Waals surface area (Å²) in [6.45, 7) is 5.14. The van der Waals surface area contributed by atoms with Crippen molar-refractivity contribution in [2.24, 2.45) is 0 Å². The number of fused-ring (bicyclic) bond motifs is 1. The summed E-state index contributed by atoms with van der Waals surface area (Å²) in [6, 6.07) is 19.0. The van der Waals surface area contributed by atoms with Gasteiger partial charge >= 0.3 is 0 Å². The summed E-state index contributed by atoms with van der Waals surface area (Å²) in [5.41, 5.74) is 4.51. The van der Waals surface area contributed by atoms with Crippen LogP contribution in [0.15, 0.2) is 59.4 Å². The van der Waals surface area contributed by atoms with E-state index in [1.54, 1.807) is 0 Å². The Morgan fingerprint density at radius 2 is 1.80 bits per heavy atom. The minimum absolute atomic E-state index is 0.0830. The van der Waals surface area contributed by atoms with Gasteiger partial charge in [-0.15, -0.1) is 0 Å². The molecule has 1 saturated heterocycles. The van der Waals surface area contributed by atoms with Crippen molar-refractivity contribution < 1.29 is 0 Å². The van der Waals surface area contributed by atoms with Gasteiger partial charge in [0.05, 0.1) is 0 Å². The summed E-state index contributed by atoms with van der Waals surface area (Å²) in [5, 5.41) is 1.13. The van der Waals surface area contributed by atoms with E-state index in [-0.39, 0.29) is 5.56 Å². The Kier molecular flexibility index (Phi) is 4.41. The molecule has 0 bridgehead atoms. The summed E-state index contributed by atoms with van der Waals surface area (Å²) in [4.78, 5) is 18.1. The van der Waals surface area contributed by atoms with Crippen LogP contribution in [-0.2, 0) is 6.54 Å². The Morgan fingerprint density at radius 1 is 1.04 bits per heavy atom. The zero-order valence-electron chi connectivity index (χ0n) is 14.7. The van der Waals surface area contributed by atoms with Crippen molar-refractivity contribution in [1.82, 2.24) is 9.88 Å². The number of nitrogens with one attached hydrogen (secondary N) is 1. The molecule has 0 spiro atoms. The van der Waals surface area contributed by atoms with Gasteiger partial charge in [-0.1, -0.05) is 42.5 Å². The molecule has 1 aliphatic heterocycles. The van der Waals surface area contributed by atoms with Crippen LogP contribution in [0.4, 0.5) is 0 Å². The van der Waals surface area contributed by atoms with Crippen LogP contribution >= 0.6 is 0 Å². The molecular weight excluding hydrogens is 308 g/mol. The van der Waals surface area contributed by atoms with Crippen molar-refractivity contribution in [2.75, 3.05) is 13.1 Å². The predicted octanol–water partition coefficient (Wildman–Crippen LogP) is 4.22. The first-order valence-corrected chi connectivity index (χ1v) is 9.09. The first-order valence-electron chi connectivity index (χ1n) is 9.09. The molecular formula is C22H24N2O. The molecule has 0 unspecified atom stereocenters. The van der Waals surface area contributed by atoms with Crippen LogP contribution in [0.5, 0.6) is 0 Å². The molecule has 4 rings (SSSR count). The number of hydrogen-bond donors (Lipinski definition) is 1. The van der Waals surface area contributed by atoms with Crippen molar-refractivity contribution in [3.8, 4) is 0 Å². The van der Waals surface area contributed by atoms with Gasteiger partial charge in [0.15, 0.2) is 0 Å². The number of aromatic nitrogens is 1. The number of pyridine rings is 1. The van der Waals surface area contributed by atoms with Crippen molar-refractivity contribution in [3.05, 3.63) is 81.6 Å². The molecule has 2 aromatic carbocycles. The SMILES string of the molecule is Cc1ccc2cc(C3CCN(Cc4ccccc4)CC3)c(=O)[nH]c2c1. The average molecular weight is 332 g/mol. The Hall–Kier alpha value is -2.39. The highest BCUT2D eigenvalue weighted by atomic mass is 16.1. The van der Waals surface area contributed by atoms with Crippen LogP contribution in [-0.4, -0.2) is 23.0 Å². The third kappa shape index (κ3) is 3.52. The Labute approximate surface area is 148 Å². The Morgan fingerprint density at radius 3 is 2.56 bits per heavy atom. The fraction of sp³-hybridized carbons (Fsp3) is 0.318. The standard InChI is InChI=1S/C22H24N2O/c1-16-7-8-19-14-20(22(25)23-21(19)13-16)18-9-11-24(12-10-18)15-17-5-3-2-4-6-17/h2-8,13-14,18H,9-12,15H2,1H3,(H,23,25). The molecule has 128 valence electrons. The summed E-state index contributed by atoms with van der Waals surface area (Å²) < 4.78 is 0. The van der Waals surface area contributed by atoms with E-state index in [2.05, 4.69) is 58.4 Å². The highest BCUT2D eigenvalue weighted by Gasteiger charge is 2.23. The first-order chi connectivity index (χ1) is 12.2. The van der Waals surface area contributed by atoms with E-state index >= 15 is 0 Å². The number of likely N-dealkylation sites (tertiary alicyclic amines) is 1. The fourth-order valence-corrected chi connectivity index (χ4v) is 3.88. The monoisotopic (exact) mass is 332 g/mol. The number of hydrogen-bond acceptors (Lipinski definition) is 2. The molecule has 25 heavy (non-hydrogen) atoms. The van der Waals surface area contributed by atoms with E-state index in [1.807, 2.05) is 13.0 Å². The van der Waals surface area contributed by atoms with Gasteiger partial charge in [-0.05, 0) is 67.4 Å². The molecule has 0 saturated carbocycles. The number of benzene rings is 2. The lowest BCUT2D eigenvalue weighted by molar-refractivity contribution is 0.204. The van der Waals surface area contributed by atoms with Crippen LogP contribution in [0.2, 0.25) is 0 Å². The number of piperidine rings is 1. The number of H-pyrrole nitrogens is 1. The highest BCUT2D eigenvalue weighted by molar-refractivity contribution is 5.79. The third-order valence-electron chi connectivity index (χ3n) is 5.31. The molecule has 3 nitrogen and oxygen atoms in total. The van der Waals surface area contributed by atoms with Crippen molar-refractivity contribution >= 4 is 10.9 Å². The predicted molar refractivity (Wildman–Crippen MR) is 103 cm³/mol. The van der Waals surface area contributed by atoms with Gasteiger partial charge in [0.25, 0.3) is 5.56 Å². The normalized spacial score (nSPS) is 16.4. The summed E-state index contributed by atoms with van der Waals surface area (Å²) >= 11 is 0. The molecule has 1 aliphatic rings. The van der Waals surface area contributed by atoms with E-state index in [0.29, 0.717) is 5.92 Å². The molecule has 0 amide bonds. The van der Waals surface area contributed by atoms with Gasteiger partial charge in [-0.3, -0.25) is 9.69 Å². The second-order valence-corrected chi connectivity index (χ2v) is 7.18. The van der Waals surface area contributed by atoms with Gasteiger partial charge in [0.1, 0.15) is 0 Å². The second kappa shape index (κ2) is 6.85. The molecule has 3 heteroatoms. The summed E-state index contributed by atoms with van der Waals surface area (Å²) in [5.74, 6) is 0.362. The molecule has 0 radical (unpaired) electrons. The van der Waals surface area contributed by atoms with Gasteiger partial charge in [0, 0.05) is 17.6 Å². The lowest BCUT2D eigenvalue weighted by Gasteiger charge is -2.32. The Bertz CT molecular complexity index is 922. The molecule has 1 fully saturated rings. The lowest BCUT2D eigenvalue weighted by Crippen LogP contribution is -2.34. The minimum Gasteiger partial charge on any atom is -0.322 e. The Balaban J connectivity index is 1.49. The fourth-order valence-electron chi connectivity index (χ4n) is 3.88. The topological polar surface area (TPSA) is 36.1 Å². The number of nitrogens with zero attached hydrogens (tertiary/aromatic N) is 1. The van der Waals surface area contributed by atoms with Crippen LogP contribution in [0, 0.1) is 6.92 Å². The molecule has 2 heterocycles. The second-order valence-electron chi connectivity index (χ2n) is 7.18. The van der Waals surface area contributed by atoms with Crippen molar-refractivity contribution in [3.63, 3.8) is 0 Å². The van der Waals surface area contributed by atoms with Gasteiger partial charge in [-0.25, -0.2) is 0 Å². The van der Waals surface area contributed by atoms with Crippen LogP contribution < -0.4 is 5.56 Å². The number of aromatic amines is 1. The van der Waals surface area contributed by atoms with Gasteiger partial charge < -0.3 is 4.98 Å². The smallest absolute Gasteiger partial charge is 0.251 e. The first kappa shape index (κ1) is 16.1. The summed E-state index contributed by atoms with van der Waals surface area (Å²) in [6.07, 6.45) is 2.10. The van der Waals surface area contributed by atoms with Crippen LogP contribution in [0.1, 0.15) is 35.4 Å². The van der Waals surface area contributed by atoms with Crippen LogP contribution in [0.3, 0.4) is 0 Å². The quantitative estimate of drug-likeness (QED) is 0.780. The highest BCUT2D eigenvalue weighted by Crippen LogP contribution is 2.28. The van der Waals surface area contributed by atoms with Crippen LogP contribution in [0.25, 0.3) is 10.9 Å². The maximum Gasteiger partial charge on any atom is 0.251 e. The largest absolute Gasteiger partial charge is 0.322 e. The third-order valence-corrected chi connectivity index (χ3v) is 5.31. The van der Waals surface area contributed by atoms with Crippen molar-refractivity contribution in [1.29, 1.82) is 0 Å². The zero-order valence-corrected chi connectivity index (χ0v) is 14.7. The van der Waals surface area contributed by atoms with E-state index in [0.717, 1.165) is 48.9 Å². The molecule has 1 aromatic heterocycles. The van der Waals surface area contributed by atoms with E-state index in [1.165, 1.54) is 11.1 Å². The average Bonchev–Trinajstić information content (AvgIpc) is 2.63. The molecule has 0 atom stereocenters. The maximum absolute atomic E-state index is 12.5. The number of rotatable bonds is 3. The molecule has 3 aromatic rings. The minimum atomic E-state index is 0.0830. The summed E-state index contributed by atoms with van der Waals surface area (Å²) in [7, 11) is 0. The van der Waals surface area contributed by atoms with Crippen molar-refractivity contribution in [2.45, 2.75) is 32.2 Å².